The molecule has 8 heteroatoms. The molecule has 3 aromatic rings. The third-order valence-corrected chi connectivity index (χ3v) is 6.25. The molecule has 1 aliphatic rings. The van der Waals surface area contributed by atoms with E-state index in [1.165, 1.54) is 31.6 Å². The van der Waals surface area contributed by atoms with Gasteiger partial charge < -0.3 is 14.6 Å². The number of phenolic OH excluding ortho intramolecular Hbond substituents is 1. The average Bonchev–Trinajstić information content (AvgIpc) is 3.13. The first kappa shape index (κ1) is 21.6. The van der Waals surface area contributed by atoms with E-state index in [0.717, 1.165) is 5.56 Å². The summed E-state index contributed by atoms with van der Waals surface area (Å²) in [4.78, 5) is 31.4. The minimum absolute atomic E-state index is 0.0190. The van der Waals surface area contributed by atoms with Gasteiger partial charge in [0.2, 0.25) is 0 Å². The molecule has 0 amide bonds. The van der Waals surface area contributed by atoms with Crippen LogP contribution in [0.25, 0.3) is 6.08 Å². The number of rotatable bonds is 5. The Morgan fingerprint density at radius 1 is 1.22 bits per heavy atom. The average molecular weight is 451 g/mol. The van der Waals surface area contributed by atoms with E-state index >= 15 is 0 Å². The van der Waals surface area contributed by atoms with E-state index in [-0.39, 0.29) is 11.3 Å². The molecule has 0 fully saturated rings. The number of methoxy groups -OCH3 is 2. The van der Waals surface area contributed by atoms with Crippen LogP contribution in [0.3, 0.4) is 0 Å². The summed E-state index contributed by atoms with van der Waals surface area (Å²) in [6, 6.07) is 13.6. The first-order chi connectivity index (χ1) is 15.5. The quantitative estimate of drug-likeness (QED) is 0.604. The van der Waals surface area contributed by atoms with Crippen LogP contribution in [0.2, 0.25) is 0 Å². The minimum Gasteiger partial charge on any atom is -0.504 e. The third-order valence-electron chi connectivity index (χ3n) is 5.27. The van der Waals surface area contributed by atoms with Crippen LogP contribution < -0.4 is 19.6 Å². The maximum absolute atomic E-state index is 13.5. The number of carbonyl (C=O) groups excluding carboxylic acids is 1. The van der Waals surface area contributed by atoms with E-state index in [0.29, 0.717) is 38.3 Å². The monoisotopic (exact) mass is 450 g/mol. The van der Waals surface area contributed by atoms with Crippen molar-refractivity contribution in [2.75, 3.05) is 14.2 Å². The second-order valence-corrected chi connectivity index (χ2v) is 8.14. The summed E-state index contributed by atoms with van der Waals surface area (Å²) in [7, 11) is 2.79. The number of hydrogen-bond donors (Lipinski definition) is 1. The molecular weight excluding hydrogens is 428 g/mol. The molecule has 1 aromatic heterocycles. The first-order valence-electron chi connectivity index (χ1n) is 10.0. The third kappa shape index (κ3) is 3.73. The number of esters is 1. The summed E-state index contributed by atoms with van der Waals surface area (Å²) in [6.07, 6.45) is 2.25. The van der Waals surface area contributed by atoms with Crippen LogP contribution in [0.1, 0.15) is 30.5 Å². The van der Waals surface area contributed by atoms with E-state index in [2.05, 4.69) is 4.99 Å². The largest absolute Gasteiger partial charge is 0.504 e. The Hall–Kier alpha value is -3.65. The molecule has 0 saturated carbocycles. The molecule has 1 N–H and O–H groups in total. The number of fused-ring (bicyclic) bond motifs is 1. The normalized spacial score (nSPS) is 15.8. The Kier molecular flexibility index (Phi) is 5.96. The molecule has 4 rings (SSSR count). The molecule has 0 aliphatic carbocycles. The van der Waals surface area contributed by atoms with Gasteiger partial charge in [-0.3, -0.25) is 9.36 Å². The van der Waals surface area contributed by atoms with Crippen LogP contribution in [0.4, 0.5) is 0 Å². The highest BCUT2D eigenvalue weighted by Gasteiger charge is 2.33. The van der Waals surface area contributed by atoms with Gasteiger partial charge in [-0.2, -0.15) is 0 Å². The van der Waals surface area contributed by atoms with Gasteiger partial charge in [-0.15, -0.1) is 0 Å². The molecule has 164 valence electrons. The second kappa shape index (κ2) is 8.84. The van der Waals surface area contributed by atoms with Gasteiger partial charge in [0, 0.05) is 0 Å². The fourth-order valence-electron chi connectivity index (χ4n) is 3.75. The summed E-state index contributed by atoms with van der Waals surface area (Å²) in [5.41, 5.74) is 2.21. The van der Waals surface area contributed by atoms with Gasteiger partial charge in [0.15, 0.2) is 16.3 Å². The standard InChI is InChI=1S/C24H22N2O5S/c1-4-16-20(23(29)31-3)21(15-8-6-5-7-9-15)26-22(28)19(32-24(26)25-16)13-14-10-11-17(27)18(12-14)30-2/h5-13,21,27H,4H2,1-3H3/b19-13-/t21-/m1/s1. The van der Waals surface area contributed by atoms with Crippen LogP contribution in [-0.2, 0) is 9.53 Å². The molecule has 7 nitrogen and oxygen atoms in total. The van der Waals surface area contributed by atoms with Crippen molar-refractivity contribution in [1.82, 2.24) is 4.57 Å². The Labute approximate surface area is 188 Å². The van der Waals surface area contributed by atoms with Crippen molar-refractivity contribution in [2.45, 2.75) is 19.4 Å². The lowest BCUT2D eigenvalue weighted by Gasteiger charge is -2.25. The van der Waals surface area contributed by atoms with Gasteiger partial charge in [-0.1, -0.05) is 54.7 Å². The first-order valence-corrected chi connectivity index (χ1v) is 10.8. The summed E-state index contributed by atoms with van der Waals surface area (Å²) >= 11 is 1.25. The maximum atomic E-state index is 13.5. The highest BCUT2D eigenvalue weighted by Crippen LogP contribution is 2.31. The van der Waals surface area contributed by atoms with Crippen molar-refractivity contribution >= 4 is 23.4 Å². The Bertz CT molecular complexity index is 1390. The molecule has 2 heterocycles. The molecule has 0 saturated heterocycles. The Balaban J connectivity index is 1.98. The lowest BCUT2D eigenvalue weighted by molar-refractivity contribution is -0.136. The zero-order valence-corrected chi connectivity index (χ0v) is 18.7. The van der Waals surface area contributed by atoms with Gasteiger partial charge in [0.1, 0.15) is 0 Å². The predicted octanol–water partition coefficient (Wildman–Crippen LogP) is 2.51. The SMILES string of the molecule is CCC1=C(C(=O)OC)[C@@H](c2ccccc2)n2c(s/c(=C\c3ccc(O)c(OC)c3)c2=O)=N1. The fraction of sp³-hybridized carbons (Fsp3) is 0.208. The Morgan fingerprint density at radius 3 is 2.62 bits per heavy atom. The van der Waals surface area contributed by atoms with Gasteiger partial charge in [-0.25, -0.2) is 9.79 Å². The number of benzene rings is 2. The molecule has 1 aliphatic heterocycles. The number of thiazole rings is 1. The topological polar surface area (TPSA) is 90.1 Å². The lowest BCUT2D eigenvalue weighted by atomic mass is 9.95. The van der Waals surface area contributed by atoms with Crippen molar-refractivity contribution in [3.63, 3.8) is 0 Å². The summed E-state index contributed by atoms with van der Waals surface area (Å²) in [5, 5.41) is 9.84. The smallest absolute Gasteiger partial charge is 0.338 e. The highest BCUT2D eigenvalue weighted by molar-refractivity contribution is 7.07. The van der Waals surface area contributed by atoms with Gasteiger partial charge >= 0.3 is 5.97 Å². The van der Waals surface area contributed by atoms with Crippen LogP contribution in [-0.4, -0.2) is 29.9 Å². The van der Waals surface area contributed by atoms with Crippen LogP contribution in [0.15, 0.2) is 69.6 Å². The fourth-order valence-corrected chi connectivity index (χ4v) is 4.77. The molecule has 0 spiro atoms. The molecule has 2 aromatic carbocycles. The Morgan fingerprint density at radius 2 is 1.97 bits per heavy atom. The van der Waals surface area contributed by atoms with E-state index in [4.69, 9.17) is 9.47 Å². The van der Waals surface area contributed by atoms with Gasteiger partial charge in [0.05, 0.1) is 36.1 Å². The number of aromatic nitrogens is 1. The zero-order valence-electron chi connectivity index (χ0n) is 17.9. The number of nitrogens with zero attached hydrogens (tertiary/aromatic N) is 2. The molecule has 1 atom stereocenters. The number of aromatic hydroxyl groups is 1. The van der Waals surface area contributed by atoms with E-state index < -0.39 is 12.0 Å². The molecule has 0 bridgehead atoms. The minimum atomic E-state index is -0.633. The van der Waals surface area contributed by atoms with E-state index in [1.54, 1.807) is 22.8 Å². The van der Waals surface area contributed by atoms with Crippen molar-refractivity contribution in [3.8, 4) is 11.5 Å². The molecule has 0 radical (unpaired) electrons. The van der Waals surface area contributed by atoms with Gasteiger partial charge in [-0.05, 0) is 35.8 Å². The number of ether oxygens (including phenoxy) is 2. The summed E-state index contributed by atoms with van der Waals surface area (Å²) in [6.45, 7) is 1.92. The van der Waals surface area contributed by atoms with E-state index in [9.17, 15) is 14.7 Å². The number of carbonyl (C=O) groups is 1. The molecular formula is C24H22N2O5S. The number of allylic oxidation sites excluding steroid dienone is 1. The predicted molar refractivity (Wildman–Crippen MR) is 121 cm³/mol. The van der Waals surface area contributed by atoms with Crippen LogP contribution in [0.5, 0.6) is 11.5 Å². The van der Waals surface area contributed by atoms with E-state index in [1.807, 2.05) is 37.3 Å². The maximum Gasteiger partial charge on any atom is 0.338 e. The van der Waals surface area contributed by atoms with Crippen molar-refractivity contribution in [1.29, 1.82) is 0 Å². The summed E-state index contributed by atoms with van der Waals surface area (Å²) in [5.74, 6) is -0.169. The molecule has 0 unspecified atom stereocenters. The number of hydrogen-bond acceptors (Lipinski definition) is 7. The summed E-state index contributed by atoms with van der Waals surface area (Å²) < 4.78 is 12.2. The van der Waals surface area contributed by atoms with Crippen LogP contribution >= 0.6 is 11.3 Å². The second-order valence-electron chi connectivity index (χ2n) is 7.13. The number of phenols is 1. The van der Waals surface area contributed by atoms with Gasteiger partial charge in [0.25, 0.3) is 5.56 Å². The molecule has 32 heavy (non-hydrogen) atoms. The zero-order chi connectivity index (χ0) is 22.8. The highest BCUT2D eigenvalue weighted by atomic mass is 32.1. The van der Waals surface area contributed by atoms with Crippen molar-refractivity contribution in [3.05, 3.63) is 90.6 Å². The van der Waals surface area contributed by atoms with Crippen LogP contribution in [0, 0.1) is 0 Å². The van der Waals surface area contributed by atoms with Crippen molar-refractivity contribution < 1.29 is 19.4 Å². The lowest BCUT2D eigenvalue weighted by Crippen LogP contribution is -2.40. The van der Waals surface area contributed by atoms with Crippen molar-refractivity contribution in [2.24, 2.45) is 4.99 Å².